The number of carbonyl (C=O) groups excluding carboxylic acids is 2. The van der Waals surface area contributed by atoms with E-state index in [2.05, 4.69) is 0 Å². The van der Waals surface area contributed by atoms with Gasteiger partial charge in [-0.1, -0.05) is 44.2 Å². The molecule has 0 radical (unpaired) electrons. The second-order valence-electron chi connectivity index (χ2n) is 5.39. The molecule has 21 heavy (non-hydrogen) atoms. The fourth-order valence-corrected chi connectivity index (χ4v) is 2.50. The van der Waals surface area contributed by atoms with E-state index in [4.69, 9.17) is 4.74 Å². The molecule has 0 spiro atoms. The molecule has 1 aliphatic heterocycles. The van der Waals surface area contributed by atoms with Crippen molar-refractivity contribution in [1.29, 1.82) is 0 Å². The van der Waals surface area contributed by atoms with Crippen molar-refractivity contribution >= 4 is 12.0 Å². The van der Waals surface area contributed by atoms with E-state index < -0.39 is 18.1 Å². The molecule has 2 rings (SSSR count). The Morgan fingerprint density at radius 1 is 1.43 bits per heavy atom. The molecule has 1 aliphatic rings. The number of imide groups is 1. The van der Waals surface area contributed by atoms with Gasteiger partial charge in [-0.3, -0.25) is 4.79 Å². The number of amides is 2. The standard InChI is InChI=1S/C16H21NO4/c1-3-14(18)11(2)15(19)17-13(10-21-16(17)20)9-12-7-5-4-6-8-12/h4-8,11,13-14,18H,3,9-10H2,1-2H3/t11-,13-,14?/m0/s1. The van der Waals surface area contributed by atoms with Gasteiger partial charge in [-0.25, -0.2) is 9.69 Å². The van der Waals surface area contributed by atoms with Gasteiger partial charge in [0, 0.05) is 0 Å². The zero-order valence-electron chi connectivity index (χ0n) is 12.4. The van der Waals surface area contributed by atoms with Crippen LogP contribution in [0.3, 0.4) is 0 Å². The van der Waals surface area contributed by atoms with E-state index in [9.17, 15) is 14.7 Å². The van der Waals surface area contributed by atoms with E-state index in [1.165, 1.54) is 0 Å². The lowest BCUT2D eigenvalue weighted by atomic mass is 9.99. The van der Waals surface area contributed by atoms with Gasteiger partial charge in [-0.2, -0.15) is 0 Å². The number of cyclic esters (lactones) is 1. The van der Waals surface area contributed by atoms with E-state index in [0.717, 1.165) is 10.5 Å². The van der Waals surface area contributed by atoms with Crippen molar-refractivity contribution in [3.8, 4) is 0 Å². The minimum atomic E-state index is -0.747. The third-order valence-corrected chi connectivity index (χ3v) is 3.90. The van der Waals surface area contributed by atoms with Crippen molar-refractivity contribution < 1.29 is 19.4 Å². The number of ether oxygens (including phenoxy) is 1. The summed E-state index contributed by atoms with van der Waals surface area (Å²) >= 11 is 0. The van der Waals surface area contributed by atoms with Crippen LogP contribution < -0.4 is 0 Å². The Kier molecular flexibility index (Phi) is 4.96. The van der Waals surface area contributed by atoms with Crippen LogP contribution in [0.5, 0.6) is 0 Å². The molecule has 0 bridgehead atoms. The zero-order chi connectivity index (χ0) is 15.4. The normalized spacial score (nSPS) is 21.0. The highest BCUT2D eigenvalue weighted by Gasteiger charge is 2.40. The van der Waals surface area contributed by atoms with Gasteiger partial charge in [0.2, 0.25) is 5.91 Å². The summed E-state index contributed by atoms with van der Waals surface area (Å²) < 4.78 is 5.02. The van der Waals surface area contributed by atoms with Crippen LogP contribution in [-0.2, 0) is 16.0 Å². The summed E-state index contributed by atoms with van der Waals surface area (Å²) in [5.41, 5.74) is 1.04. The van der Waals surface area contributed by atoms with Gasteiger partial charge in [0.1, 0.15) is 6.61 Å². The Morgan fingerprint density at radius 2 is 2.10 bits per heavy atom. The molecule has 1 aromatic carbocycles. The second kappa shape index (κ2) is 6.72. The Balaban J connectivity index is 2.11. The summed E-state index contributed by atoms with van der Waals surface area (Å²) in [7, 11) is 0. The van der Waals surface area contributed by atoms with Crippen LogP contribution in [0.4, 0.5) is 4.79 Å². The fourth-order valence-electron chi connectivity index (χ4n) is 2.50. The Labute approximate surface area is 124 Å². The van der Waals surface area contributed by atoms with Crippen LogP contribution in [0.15, 0.2) is 30.3 Å². The molecular weight excluding hydrogens is 270 g/mol. The predicted octanol–water partition coefficient (Wildman–Crippen LogP) is 1.98. The second-order valence-corrected chi connectivity index (χ2v) is 5.39. The third-order valence-electron chi connectivity index (χ3n) is 3.90. The van der Waals surface area contributed by atoms with E-state index >= 15 is 0 Å². The summed E-state index contributed by atoms with van der Waals surface area (Å²) in [6.45, 7) is 3.65. The number of hydrogen-bond donors (Lipinski definition) is 1. The van der Waals surface area contributed by atoms with Gasteiger partial charge in [0.15, 0.2) is 0 Å². The molecule has 3 atom stereocenters. The van der Waals surface area contributed by atoms with Crippen LogP contribution in [0.25, 0.3) is 0 Å². The minimum Gasteiger partial charge on any atom is -0.447 e. The number of aliphatic hydroxyl groups is 1. The summed E-state index contributed by atoms with van der Waals surface area (Å²) in [4.78, 5) is 25.4. The van der Waals surface area contributed by atoms with Crippen molar-refractivity contribution in [3.63, 3.8) is 0 Å². The highest BCUT2D eigenvalue weighted by Crippen LogP contribution is 2.21. The van der Waals surface area contributed by atoms with Crippen LogP contribution in [0.2, 0.25) is 0 Å². The third kappa shape index (κ3) is 3.42. The average Bonchev–Trinajstić information content (AvgIpc) is 2.86. The molecule has 1 saturated heterocycles. The maximum atomic E-state index is 12.4. The monoisotopic (exact) mass is 291 g/mol. The van der Waals surface area contributed by atoms with Gasteiger partial charge in [0.25, 0.3) is 0 Å². The molecule has 0 aliphatic carbocycles. The summed E-state index contributed by atoms with van der Waals surface area (Å²) in [5, 5.41) is 9.82. The fraction of sp³-hybridized carbons (Fsp3) is 0.500. The molecule has 114 valence electrons. The van der Waals surface area contributed by atoms with Gasteiger partial charge in [-0.05, 0) is 18.4 Å². The van der Waals surface area contributed by atoms with Crippen LogP contribution in [-0.4, -0.2) is 40.8 Å². The Morgan fingerprint density at radius 3 is 2.71 bits per heavy atom. The van der Waals surface area contributed by atoms with Crippen LogP contribution in [0, 0.1) is 5.92 Å². The van der Waals surface area contributed by atoms with E-state index in [0.29, 0.717) is 12.8 Å². The Hall–Kier alpha value is -1.88. The Bertz CT molecular complexity index is 502. The average molecular weight is 291 g/mol. The van der Waals surface area contributed by atoms with Crippen molar-refractivity contribution in [2.24, 2.45) is 5.92 Å². The predicted molar refractivity (Wildman–Crippen MR) is 77.6 cm³/mol. The number of aliphatic hydroxyl groups excluding tert-OH is 1. The molecule has 5 heteroatoms. The van der Waals surface area contributed by atoms with Crippen molar-refractivity contribution in [2.75, 3.05) is 6.61 Å². The minimum absolute atomic E-state index is 0.203. The number of carbonyl (C=O) groups is 2. The van der Waals surface area contributed by atoms with E-state index in [1.807, 2.05) is 30.3 Å². The highest BCUT2D eigenvalue weighted by molar-refractivity contribution is 5.94. The molecule has 1 aromatic rings. The quantitative estimate of drug-likeness (QED) is 0.901. The van der Waals surface area contributed by atoms with Crippen LogP contribution >= 0.6 is 0 Å². The molecule has 1 N–H and O–H groups in total. The molecule has 5 nitrogen and oxygen atoms in total. The molecular formula is C16H21NO4. The SMILES string of the molecule is CCC(O)[C@H](C)C(=O)N1C(=O)OC[C@@H]1Cc1ccccc1. The van der Waals surface area contributed by atoms with Crippen molar-refractivity contribution in [2.45, 2.75) is 38.8 Å². The first kappa shape index (κ1) is 15.5. The number of benzene rings is 1. The van der Waals surface area contributed by atoms with Crippen molar-refractivity contribution in [3.05, 3.63) is 35.9 Å². The lowest BCUT2D eigenvalue weighted by molar-refractivity contribution is -0.136. The smallest absolute Gasteiger partial charge is 0.416 e. The first-order chi connectivity index (χ1) is 10.0. The van der Waals surface area contributed by atoms with Crippen LogP contribution in [0.1, 0.15) is 25.8 Å². The lowest BCUT2D eigenvalue weighted by Crippen LogP contribution is -2.45. The molecule has 2 amide bonds. The lowest BCUT2D eigenvalue weighted by Gasteiger charge is -2.25. The van der Waals surface area contributed by atoms with E-state index in [1.54, 1.807) is 13.8 Å². The largest absolute Gasteiger partial charge is 0.447 e. The maximum Gasteiger partial charge on any atom is 0.416 e. The van der Waals surface area contributed by atoms with Crippen molar-refractivity contribution in [1.82, 2.24) is 4.90 Å². The number of hydrogen-bond acceptors (Lipinski definition) is 4. The van der Waals surface area contributed by atoms with E-state index in [-0.39, 0.29) is 18.6 Å². The number of nitrogens with zero attached hydrogens (tertiary/aromatic N) is 1. The zero-order valence-corrected chi connectivity index (χ0v) is 12.4. The van der Waals surface area contributed by atoms with Gasteiger partial charge >= 0.3 is 6.09 Å². The molecule has 1 fully saturated rings. The molecule has 0 aromatic heterocycles. The van der Waals surface area contributed by atoms with Gasteiger partial charge < -0.3 is 9.84 Å². The first-order valence-corrected chi connectivity index (χ1v) is 7.26. The first-order valence-electron chi connectivity index (χ1n) is 7.26. The van der Waals surface area contributed by atoms with Gasteiger partial charge in [-0.15, -0.1) is 0 Å². The molecule has 1 heterocycles. The number of rotatable bonds is 5. The summed E-state index contributed by atoms with van der Waals surface area (Å²) in [6.07, 6.45) is -0.328. The highest BCUT2D eigenvalue weighted by atomic mass is 16.6. The summed E-state index contributed by atoms with van der Waals surface area (Å²) in [5.74, 6) is -0.980. The molecule has 1 unspecified atom stereocenters. The summed E-state index contributed by atoms with van der Waals surface area (Å²) in [6, 6.07) is 9.36. The topological polar surface area (TPSA) is 66.8 Å². The van der Waals surface area contributed by atoms with Gasteiger partial charge in [0.05, 0.1) is 18.1 Å². The molecule has 0 saturated carbocycles. The maximum absolute atomic E-state index is 12.4.